The number of rotatable bonds is 2. The zero-order valence-corrected chi connectivity index (χ0v) is 8.98. The highest BCUT2D eigenvalue weighted by atomic mass is 32.2. The van der Waals surface area contributed by atoms with E-state index >= 15 is 0 Å². The Hall–Kier alpha value is -1.04. The Morgan fingerprint density at radius 1 is 1.19 bits per heavy atom. The predicted octanol–water partition coefficient (Wildman–Crippen LogP) is 2.86. The van der Waals surface area contributed by atoms with Crippen LogP contribution in [0.5, 0.6) is 0 Å². The first kappa shape index (κ1) is 11.4. The normalized spacial score (nSPS) is 17.4. The van der Waals surface area contributed by atoms with Crippen LogP contribution >= 0.6 is 0 Å². The zero-order chi connectivity index (χ0) is 12.0. The van der Waals surface area contributed by atoms with Crippen molar-refractivity contribution in [3.8, 4) is 0 Å². The van der Waals surface area contributed by atoms with Crippen molar-refractivity contribution < 1.29 is 21.6 Å². The lowest BCUT2D eigenvalue weighted by Gasteiger charge is -2.08. The highest BCUT2D eigenvalue weighted by molar-refractivity contribution is 7.92. The average molecular weight is 250 g/mol. The molecule has 1 fully saturated rings. The van der Waals surface area contributed by atoms with Crippen LogP contribution in [-0.4, -0.2) is 13.9 Å². The Kier molecular flexibility index (Phi) is 2.49. The van der Waals surface area contributed by atoms with Crippen molar-refractivity contribution in [1.82, 2.24) is 0 Å². The van der Waals surface area contributed by atoms with E-state index in [9.17, 15) is 21.6 Å². The van der Waals surface area contributed by atoms with Gasteiger partial charge in [0.2, 0.25) is 0 Å². The lowest BCUT2D eigenvalue weighted by Crippen LogP contribution is -2.23. The van der Waals surface area contributed by atoms with Crippen molar-refractivity contribution in [2.24, 2.45) is 0 Å². The summed E-state index contributed by atoms with van der Waals surface area (Å²) in [6.07, 6.45) is 1.82. The minimum Gasteiger partial charge on any atom is -0.214 e. The van der Waals surface area contributed by atoms with Crippen LogP contribution in [0.4, 0.5) is 13.2 Å². The highest BCUT2D eigenvalue weighted by Gasteiger charge is 2.47. The molecule has 1 aliphatic carbocycles. The third kappa shape index (κ3) is 1.93. The molecule has 1 saturated carbocycles. The molecule has 0 amide bonds. The first-order valence-corrected chi connectivity index (χ1v) is 6.22. The van der Waals surface area contributed by atoms with Gasteiger partial charge in [-0.3, -0.25) is 0 Å². The van der Waals surface area contributed by atoms with E-state index in [1.54, 1.807) is 6.07 Å². The molecule has 0 atom stereocenters. The summed E-state index contributed by atoms with van der Waals surface area (Å²) in [5.41, 5.74) is -4.56. The summed E-state index contributed by atoms with van der Waals surface area (Å²) >= 11 is 0. The molecule has 2 rings (SSSR count). The molecule has 1 aromatic rings. The van der Waals surface area contributed by atoms with E-state index in [1.165, 1.54) is 6.07 Å². The summed E-state index contributed by atoms with van der Waals surface area (Å²) in [5, 5.41) is 0. The predicted molar refractivity (Wildman–Crippen MR) is 51.7 cm³/mol. The number of hydrogen-bond donors (Lipinski definition) is 0. The highest BCUT2D eigenvalue weighted by Crippen LogP contribution is 2.41. The molecule has 0 spiro atoms. The molecule has 1 aromatic carbocycles. The number of halogens is 3. The summed E-state index contributed by atoms with van der Waals surface area (Å²) in [5.74, 6) is 0.225. The van der Waals surface area contributed by atoms with Crippen LogP contribution in [0.15, 0.2) is 29.2 Å². The van der Waals surface area contributed by atoms with Gasteiger partial charge in [0.15, 0.2) is 0 Å². The summed E-state index contributed by atoms with van der Waals surface area (Å²) in [6.45, 7) is 0. The minimum absolute atomic E-state index is 0.225. The SMILES string of the molecule is O=S(=O)(c1cccc(C2CC2)c1)C(F)(F)F. The van der Waals surface area contributed by atoms with E-state index in [4.69, 9.17) is 0 Å². The molecule has 6 heteroatoms. The molecule has 0 unspecified atom stereocenters. The lowest BCUT2D eigenvalue weighted by molar-refractivity contribution is -0.0436. The smallest absolute Gasteiger partial charge is 0.214 e. The van der Waals surface area contributed by atoms with Gasteiger partial charge in [-0.1, -0.05) is 12.1 Å². The van der Waals surface area contributed by atoms with Gasteiger partial charge < -0.3 is 0 Å². The Bertz CT molecular complexity index is 501. The lowest BCUT2D eigenvalue weighted by atomic mass is 10.1. The molecule has 0 radical (unpaired) electrons. The molecule has 16 heavy (non-hydrogen) atoms. The molecule has 88 valence electrons. The van der Waals surface area contributed by atoms with Crippen LogP contribution in [0.1, 0.15) is 24.3 Å². The van der Waals surface area contributed by atoms with Crippen LogP contribution < -0.4 is 0 Å². The number of alkyl halides is 3. The molecule has 1 aliphatic rings. The van der Waals surface area contributed by atoms with E-state index in [1.807, 2.05) is 0 Å². The van der Waals surface area contributed by atoms with Crippen LogP contribution in [0, 0.1) is 0 Å². The quantitative estimate of drug-likeness (QED) is 0.808. The Morgan fingerprint density at radius 2 is 1.81 bits per heavy atom. The van der Waals surface area contributed by atoms with Crippen molar-refractivity contribution in [3.05, 3.63) is 29.8 Å². The molecule has 0 aliphatic heterocycles. The Morgan fingerprint density at radius 3 is 2.31 bits per heavy atom. The fourth-order valence-electron chi connectivity index (χ4n) is 1.49. The van der Waals surface area contributed by atoms with E-state index in [-0.39, 0.29) is 5.92 Å². The average Bonchev–Trinajstić information content (AvgIpc) is 2.99. The van der Waals surface area contributed by atoms with Gasteiger partial charge in [-0.2, -0.15) is 13.2 Å². The Balaban J connectivity index is 2.44. The second-order valence-electron chi connectivity index (χ2n) is 3.80. The number of sulfone groups is 1. The summed E-state index contributed by atoms with van der Waals surface area (Å²) in [4.78, 5) is -0.663. The van der Waals surface area contributed by atoms with Crippen LogP contribution in [0.3, 0.4) is 0 Å². The maximum Gasteiger partial charge on any atom is 0.501 e. The minimum atomic E-state index is -5.23. The molecule has 0 aromatic heterocycles. The first-order valence-electron chi connectivity index (χ1n) is 4.74. The second-order valence-corrected chi connectivity index (χ2v) is 5.74. The molecule has 0 saturated heterocycles. The topological polar surface area (TPSA) is 34.1 Å². The standard InChI is InChI=1S/C10H9F3O2S/c11-10(12,13)16(14,15)9-3-1-2-8(6-9)7-4-5-7/h1-3,6-7H,4-5H2. The molecular formula is C10H9F3O2S. The van der Waals surface area contributed by atoms with Gasteiger partial charge in [0, 0.05) is 0 Å². The van der Waals surface area contributed by atoms with Crippen molar-refractivity contribution in [2.75, 3.05) is 0 Å². The van der Waals surface area contributed by atoms with Crippen LogP contribution in [0.25, 0.3) is 0 Å². The van der Waals surface area contributed by atoms with Gasteiger partial charge in [0.25, 0.3) is 9.84 Å². The van der Waals surface area contributed by atoms with Gasteiger partial charge in [-0.25, -0.2) is 8.42 Å². The maximum atomic E-state index is 12.3. The summed E-state index contributed by atoms with van der Waals surface area (Å²) in [6, 6.07) is 5.12. The fraction of sp³-hybridized carbons (Fsp3) is 0.400. The van der Waals surface area contributed by atoms with Gasteiger partial charge in [-0.05, 0) is 36.5 Å². The third-order valence-corrected chi connectivity index (χ3v) is 4.01. The van der Waals surface area contributed by atoms with Crippen molar-refractivity contribution in [2.45, 2.75) is 29.2 Å². The van der Waals surface area contributed by atoms with Crippen LogP contribution in [-0.2, 0) is 9.84 Å². The molecule has 0 bridgehead atoms. The molecular weight excluding hydrogens is 241 g/mol. The third-order valence-electron chi connectivity index (χ3n) is 2.52. The zero-order valence-electron chi connectivity index (χ0n) is 8.16. The first-order chi connectivity index (χ1) is 7.32. The van der Waals surface area contributed by atoms with Crippen molar-refractivity contribution in [3.63, 3.8) is 0 Å². The van der Waals surface area contributed by atoms with Gasteiger partial charge in [0.05, 0.1) is 4.90 Å². The van der Waals surface area contributed by atoms with E-state index in [0.717, 1.165) is 25.0 Å². The van der Waals surface area contributed by atoms with Gasteiger partial charge in [0.1, 0.15) is 0 Å². The molecule has 2 nitrogen and oxygen atoms in total. The summed E-state index contributed by atoms with van der Waals surface area (Å²) in [7, 11) is -5.20. The van der Waals surface area contributed by atoms with Gasteiger partial charge in [-0.15, -0.1) is 0 Å². The maximum absolute atomic E-state index is 12.3. The monoisotopic (exact) mass is 250 g/mol. The van der Waals surface area contributed by atoms with E-state index < -0.39 is 20.2 Å². The van der Waals surface area contributed by atoms with Crippen LogP contribution in [0.2, 0.25) is 0 Å². The number of hydrogen-bond acceptors (Lipinski definition) is 2. The summed E-state index contributed by atoms with van der Waals surface area (Å²) < 4.78 is 59.1. The van der Waals surface area contributed by atoms with Crippen molar-refractivity contribution >= 4 is 9.84 Å². The molecule has 0 heterocycles. The number of benzene rings is 1. The largest absolute Gasteiger partial charge is 0.501 e. The second kappa shape index (κ2) is 3.48. The Labute approximate surface area is 91.0 Å². The fourth-order valence-corrected chi connectivity index (χ4v) is 2.30. The van der Waals surface area contributed by atoms with Gasteiger partial charge >= 0.3 is 5.51 Å². The van der Waals surface area contributed by atoms with Crippen molar-refractivity contribution in [1.29, 1.82) is 0 Å². The van der Waals surface area contributed by atoms with E-state index in [2.05, 4.69) is 0 Å². The van der Waals surface area contributed by atoms with E-state index in [0.29, 0.717) is 5.56 Å². The molecule has 0 N–H and O–H groups in total.